The molecule has 0 saturated carbocycles. The van der Waals surface area contributed by atoms with Crippen molar-refractivity contribution in [2.75, 3.05) is 12.4 Å². The van der Waals surface area contributed by atoms with E-state index in [9.17, 15) is 9.18 Å². The second-order valence-corrected chi connectivity index (χ2v) is 6.67. The van der Waals surface area contributed by atoms with Crippen LogP contribution in [0.5, 0.6) is 5.75 Å². The van der Waals surface area contributed by atoms with E-state index in [1.165, 1.54) is 22.8 Å². The Morgan fingerprint density at radius 2 is 1.87 bits per heavy atom. The Morgan fingerprint density at radius 1 is 1.03 bits per heavy atom. The van der Waals surface area contributed by atoms with Gasteiger partial charge in [-0.25, -0.2) is 19.3 Å². The van der Waals surface area contributed by atoms with Crippen molar-refractivity contribution in [2.45, 2.75) is 0 Å². The number of rotatable bonds is 4. The molecule has 0 radical (unpaired) electrons. The van der Waals surface area contributed by atoms with Crippen molar-refractivity contribution in [1.82, 2.24) is 24.6 Å². The Kier molecular flexibility index (Phi) is 4.47. The van der Waals surface area contributed by atoms with E-state index < -0.39 is 5.56 Å². The lowest BCUT2D eigenvalue weighted by Crippen LogP contribution is -2.11. The molecule has 5 aromatic rings. The minimum atomic E-state index is -0.436. The number of nitrogens with zero attached hydrogens (tertiary/aromatic N) is 5. The van der Waals surface area contributed by atoms with Gasteiger partial charge in [0.2, 0.25) is 5.95 Å². The molecule has 8 nitrogen and oxygen atoms in total. The third kappa shape index (κ3) is 3.42. The number of anilines is 2. The molecule has 1 N–H and O–H groups in total. The fourth-order valence-electron chi connectivity index (χ4n) is 3.19. The fraction of sp³-hybridized carbons (Fsp3) is 0.0455. The standard InChI is InChI=1S/C22H15FN6O2/c1-31-15-9-10-17-16(12-15)20-27-19(13-5-7-14(23)8-6-13)28-29(20)22(25-17)26-18-4-2-3-11-24-21(18)30/h2-12H,1H3,(H,24,25,26,30). The van der Waals surface area contributed by atoms with Crippen molar-refractivity contribution < 1.29 is 9.13 Å². The molecule has 9 heteroatoms. The summed E-state index contributed by atoms with van der Waals surface area (Å²) in [7, 11) is 1.58. The second kappa shape index (κ2) is 7.45. The average molecular weight is 414 g/mol. The fourth-order valence-corrected chi connectivity index (χ4v) is 3.19. The highest BCUT2D eigenvalue weighted by Crippen LogP contribution is 2.28. The van der Waals surface area contributed by atoms with Crippen LogP contribution < -0.4 is 15.6 Å². The van der Waals surface area contributed by atoms with Gasteiger partial charge in [-0.1, -0.05) is 6.07 Å². The van der Waals surface area contributed by atoms with Crippen LogP contribution in [0.4, 0.5) is 16.0 Å². The van der Waals surface area contributed by atoms with Gasteiger partial charge in [0.1, 0.15) is 17.3 Å². The first-order valence-electron chi connectivity index (χ1n) is 9.35. The van der Waals surface area contributed by atoms with Gasteiger partial charge in [-0.2, -0.15) is 4.52 Å². The van der Waals surface area contributed by atoms with Crippen LogP contribution >= 0.6 is 0 Å². The van der Waals surface area contributed by atoms with E-state index in [0.29, 0.717) is 39.6 Å². The zero-order valence-electron chi connectivity index (χ0n) is 16.3. The van der Waals surface area contributed by atoms with E-state index in [1.807, 2.05) is 6.07 Å². The Balaban J connectivity index is 1.76. The summed E-state index contributed by atoms with van der Waals surface area (Å²) in [6.45, 7) is 0. The first-order chi connectivity index (χ1) is 15.1. The van der Waals surface area contributed by atoms with E-state index in [2.05, 4.69) is 25.4 Å². The molecule has 0 aliphatic heterocycles. The molecule has 0 aliphatic rings. The molecule has 152 valence electrons. The maximum absolute atomic E-state index is 13.4. The summed E-state index contributed by atoms with van der Waals surface area (Å²) >= 11 is 0. The van der Waals surface area contributed by atoms with Crippen molar-refractivity contribution in [3.8, 4) is 17.1 Å². The van der Waals surface area contributed by atoms with Crippen molar-refractivity contribution in [3.05, 3.63) is 83.0 Å². The molecule has 0 spiro atoms. The molecule has 3 heterocycles. The van der Waals surface area contributed by atoms with Gasteiger partial charge >= 0.3 is 0 Å². The molecule has 5 rings (SSSR count). The molecular formula is C22H15FN6O2. The number of methoxy groups -OCH3 is 1. The highest BCUT2D eigenvalue weighted by Gasteiger charge is 2.16. The van der Waals surface area contributed by atoms with Gasteiger partial charge in [-0.05, 0) is 54.6 Å². The van der Waals surface area contributed by atoms with Crippen LogP contribution in [0.3, 0.4) is 0 Å². The summed E-state index contributed by atoms with van der Waals surface area (Å²) in [4.78, 5) is 25.4. The lowest BCUT2D eigenvalue weighted by Gasteiger charge is -2.08. The van der Waals surface area contributed by atoms with Gasteiger partial charge in [-0.3, -0.25) is 4.79 Å². The van der Waals surface area contributed by atoms with E-state index in [0.717, 1.165) is 0 Å². The molecule has 0 amide bonds. The van der Waals surface area contributed by atoms with Crippen LogP contribution in [0.25, 0.3) is 27.9 Å². The van der Waals surface area contributed by atoms with Crippen molar-refractivity contribution in [3.63, 3.8) is 0 Å². The SMILES string of the molecule is COc1ccc2nc(Nc3ccccnc3=O)n3nc(-c4ccc(F)cc4)nc3c2c1. The van der Waals surface area contributed by atoms with Crippen LogP contribution in [0.15, 0.2) is 71.7 Å². The van der Waals surface area contributed by atoms with E-state index in [1.54, 1.807) is 49.6 Å². The van der Waals surface area contributed by atoms with E-state index >= 15 is 0 Å². The summed E-state index contributed by atoms with van der Waals surface area (Å²) in [6.07, 6.45) is 1.42. The summed E-state index contributed by atoms with van der Waals surface area (Å²) in [5.74, 6) is 0.974. The lowest BCUT2D eigenvalue weighted by atomic mass is 10.2. The van der Waals surface area contributed by atoms with Crippen LogP contribution in [-0.2, 0) is 0 Å². The number of hydrogen-bond acceptors (Lipinski definition) is 7. The molecule has 3 aromatic heterocycles. The summed E-state index contributed by atoms with van der Waals surface area (Å²) in [5, 5.41) is 8.28. The third-order valence-corrected chi connectivity index (χ3v) is 4.71. The first-order valence-corrected chi connectivity index (χ1v) is 9.35. The highest BCUT2D eigenvalue weighted by atomic mass is 19.1. The van der Waals surface area contributed by atoms with Crippen LogP contribution in [-0.4, -0.2) is 31.7 Å². The molecule has 0 fully saturated rings. The van der Waals surface area contributed by atoms with Gasteiger partial charge in [0.05, 0.1) is 12.6 Å². The first kappa shape index (κ1) is 18.6. The molecule has 0 aliphatic carbocycles. The van der Waals surface area contributed by atoms with Crippen molar-refractivity contribution in [2.24, 2.45) is 0 Å². The van der Waals surface area contributed by atoms with Gasteiger partial charge < -0.3 is 10.1 Å². The number of fused-ring (bicyclic) bond motifs is 3. The summed E-state index contributed by atoms with van der Waals surface area (Å²) in [5.41, 5.74) is 1.59. The predicted octanol–water partition coefficient (Wildman–Crippen LogP) is 3.59. The molecule has 2 aromatic carbocycles. The summed E-state index contributed by atoms with van der Waals surface area (Å²) in [6, 6.07) is 16.3. The predicted molar refractivity (Wildman–Crippen MR) is 114 cm³/mol. The molecular weight excluding hydrogens is 399 g/mol. The molecule has 0 saturated heterocycles. The number of benzene rings is 2. The maximum atomic E-state index is 13.4. The highest BCUT2D eigenvalue weighted by molar-refractivity contribution is 5.94. The molecule has 0 bridgehead atoms. The number of nitrogens with one attached hydrogen (secondary N) is 1. The zero-order chi connectivity index (χ0) is 21.4. The van der Waals surface area contributed by atoms with Crippen LogP contribution in [0.1, 0.15) is 0 Å². The Hall–Kier alpha value is -4.40. The monoisotopic (exact) mass is 414 g/mol. The van der Waals surface area contributed by atoms with Crippen LogP contribution in [0, 0.1) is 5.82 Å². The molecule has 0 atom stereocenters. The quantitative estimate of drug-likeness (QED) is 0.480. The maximum Gasteiger partial charge on any atom is 0.293 e. The van der Waals surface area contributed by atoms with Gasteiger partial charge in [-0.15, -0.1) is 5.10 Å². The minimum Gasteiger partial charge on any atom is -0.497 e. The summed E-state index contributed by atoms with van der Waals surface area (Å²) < 4.78 is 20.2. The average Bonchev–Trinajstić information content (AvgIpc) is 3.14. The topological polar surface area (TPSA) is 94.3 Å². The normalized spacial score (nSPS) is 11.0. The minimum absolute atomic E-state index is 0.241. The largest absolute Gasteiger partial charge is 0.497 e. The van der Waals surface area contributed by atoms with E-state index in [-0.39, 0.29) is 11.5 Å². The van der Waals surface area contributed by atoms with Crippen molar-refractivity contribution in [1.29, 1.82) is 0 Å². The molecule has 31 heavy (non-hydrogen) atoms. The van der Waals surface area contributed by atoms with Crippen LogP contribution in [0.2, 0.25) is 0 Å². The third-order valence-electron chi connectivity index (χ3n) is 4.71. The Morgan fingerprint density at radius 3 is 2.68 bits per heavy atom. The number of aromatic nitrogens is 5. The van der Waals surface area contributed by atoms with E-state index in [4.69, 9.17) is 4.74 Å². The zero-order valence-corrected chi connectivity index (χ0v) is 16.3. The molecule has 0 unspecified atom stereocenters. The van der Waals surface area contributed by atoms with Gasteiger partial charge in [0.25, 0.3) is 5.56 Å². The second-order valence-electron chi connectivity index (χ2n) is 6.67. The Labute approximate surface area is 175 Å². The van der Waals surface area contributed by atoms with Gasteiger partial charge in [0, 0.05) is 17.1 Å². The Bertz CT molecular complexity index is 1480. The lowest BCUT2D eigenvalue weighted by molar-refractivity contribution is 0.415. The van der Waals surface area contributed by atoms with Crippen molar-refractivity contribution >= 4 is 28.2 Å². The number of halogens is 1. The number of ether oxygens (including phenoxy) is 1. The van der Waals surface area contributed by atoms with Gasteiger partial charge in [0.15, 0.2) is 11.5 Å². The smallest absolute Gasteiger partial charge is 0.293 e. The number of hydrogen-bond donors (Lipinski definition) is 1.